The summed E-state index contributed by atoms with van der Waals surface area (Å²) < 4.78 is 17.5. The van der Waals surface area contributed by atoms with Crippen molar-refractivity contribution >= 4 is 17.7 Å². The number of morpholine rings is 1. The van der Waals surface area contributed by atoms with E-state index in [0.717, 1.165) is 0 Å². The number of hydrogen-bond donors (Lipinski definition) is 0. The van der Waals surface area contributed by atoms with Gasteiger partial charge in [0.1, 0.15) is 5.70 Å². The number of pyridine rings is 1. The van der Waals surface area contributed by atoms with Crippen molar-refractivity contribution in [1.29, 1.82) is 0 Å². The van der Waals surface area contributed by atoms with Gasteiger partial charge in [-0.1, -0.05) is 18.2 Å². The number of ether oxygens (including phenoxy) is 3. The molecule has 7 nitrogen and oxygen atoms in total. The molecule has 0 radical (unpaired) electrons. The molecule has 1 fully saturated rings. The molecule has 0 unspecified atom stereocenters. The van der Waals surface area contributed by atoms with Crippen LogP contribution in [-0.4, -0.2) is 55.9 Å². The van der Waals surface area contributed by atoms with Crippen molar-refractivity contribution in [2.24, 2.45) is 0 Å². The number of methoxy groups -OCH3 is 2. The fourth-order valence-corrected chi connectivity index (χ4v) is 2.96. The molecule has 0 saturated carbocycles. The van der Waals surface area contributed by atoms with Crippen LogP contribution in [0, 0.1) is 0 Å². The zero-order valence-corrected chi connectivity index (χ0v) is 15.4. The van der Waals surface area contributed by atoms with Crippen LogP contribution in [0.15, 0.2) is 47.4 Å². The highest BCUT2D eigenvalue weighted by Gasteiger charge is 2.23. The molecule has 1 aliphatic heterocycles. The molecule has 0 atom stereocenters. The third-order valence-electron chi connectivity index (χ3n) is 4.33. The first kappa shape index (κ1) is 18.7. The minimum absolute atomic E-state index is 0.239. The highest BCUT2D eigenvalue weighted by atomic mass is 16.5. The standard InChI is InChI=1S/C20H22N2O5/c1-25-17-7-5-6-15(19(17)26-2)14-16(22-9-4-3-8-18(22)23)20(24)21-10-12-27-13-11-21/h3-9,14H,10-13H2,1-2H3. The lowest BCUT2D eigenvalue weighted by atomic mass is 10.1. The van der Waals surface area contributed by atoms with Gasteiger partial charge in [0, 0.05) is 30.9 Å². The van der Waals surface area contributed by atoms with Gasteiger partial charge in [-0.25, -0.2) is 0 Å². The van der Waals surface area contributed by atoms with Gasteiger partial charge in [0.05, 0.1) is 27.4 Å². The normalized spacial score (nSPS) is 14.7. The van der Waals surface area contributed by atoms with Crippen LogP contribution in [-0.2, 0) is 9.53 Å². The number of rotatable bonds is 5. The molecule has 1 amide bonds. The average molecular weight is 370 g/mol. The van der Waals surface area contributed by atoms with Crippen LogP contribution in [0.5, 0.6) is 11.5 Å². The maximum atomic E-state index is 13.2. The van der Waals surface area contributed by atoms with Crippen LogP contribution in [0.4, 0.5) is 0 Å². The molecule has 142 valence electrons. The van der Waals surface area contributed by atoms with Crippen molar-refractivity contribution in [3.05, 3.63) is 58.5 Å². The van der Waals surface area contributed by atoms with Gasteiger partial charge in [0.25, 0.3) is 11.5 Å². The van der Waals surface area contributed by atoms with Gasteiger partial charge >= 0.3 is 0 Å². The quantitative estimate of drug-likeness (QED) is 0.750. The van der Waals surface area contributed by atoms with Crippen LogP contribution >= 0.6 is 0 Å². The monoisotopic (exact) mass is 370 g/mol. The number of aromatic nitrogens is 1. The van der Waals surface area contributed by atoms with E-state index in [9.17, 15) is 9.59 Å². The van der Waals surface area contributed by atoms with Gasteiger partial charge in [-0.2, -0.15) is 0 Å². The molecule has 1 aromatic heterocycles. The Morgan fingerprint density at radius 3 is 2.52 bits per heavy atom. The van der Waals surface area contributed by atoms with E-state index in [2.05, 4.69) is 0 Å². The van der Waals surface area contributed by atoms with Crippen LogP contribution in [0.25, 0.3) is 11.8 Å². The predicted molar refractivity (Wildman–Crippen MR) is 102 cm³/mol. The van der Waals surface area contributed by atoms with Gasteiger partial charge < -0.3 is 19.1 Å². The zero-order chi connectivity index (χ0) is 19.2. The fraction of sp³-hybridized carbons (Fsp3) is 0.300. The molecule has 0 N–H and O–H groups in total. The molecular formula is C20H22N2O5. The molecule has 0 spiro atoms. The van der Waals surface area contributed by atoms with Crippen molar-refractivity contribution in [3.63, 3.8) is 0 Å². The van der Waals surface area contributed by atoms with Gasteiger partial charge in [0.2, 0.25) is 0 Å². The summed E-state index contributed by atoms with van der Waals surface area (Å²) in [5.41, 5.74) is 0.602. The molecule has 27 heavy (non-hydrogen) atoms. The van der Waals surface area contributed by atoms with E-state index in [1.54, 1.807) is 48.5 Å². The van der Waals surface area contributed by atoms with E-state index in [4.69, 9.17) is 14.2 Å². The molecule has 1 aliphatic rings. The van der Waals surface area contributed by atoms with Crippen molar-refractivity contribution in [2.75, 3.05) is 40.5 Å². The van der Waals surface area contributed by atoms with Crippen molar-refractivity contribution in [3.8, 4) is 11.5 Å². The Hall–Kier alpha value is -3.06. The number of hydrogen-bond acceptors (Lipinski definition) is 5. The largest absolute Gasteiger partial charge is 0.493 e. The Bertz CT molecular complexity index is 897. The summed E-state index contributed by atoms with van der Waals surface area (Å²) in [4.78, 5) is 27.2. The van der Waals surface area contributed by atoms with Gasteiger partial charge in [-0.05, 0) is 18.2 Å². The maximum absolute atomic E-state index is 13.2. The number of para-hydroxylation sites is 1. The van der Waals surface area contributed by atoms with Crippen molar-refractivity contribution in [2.45, 2.75) is 0 Å². The van der Waals surface area contributed by atoms with Crippen molar-refractivity contribution in [1.82, 2.24) is 9.47 Å². The van der Waals surface area contributed by atoms with Crippen LogP contribution < -0.4 is 15.0 Å². The second-order valence-corrected chi connectivity index (χ2v) is 5.93. The van der Waals surface area contributed by atoms with Crippen LogP contribution in [0.2, 0.25) is 0 Å². The number of nitrogens with zero attached hydrogens (tertiary/aromatic N) is 2. The lowest BCUT2D eigenvalue weighted by Crippen LogP contribution is -2.42. The molecule has 2 aromatic rings. The number of amides is 1. The number of benzene rings is 1. The van der Waals surface area contributed by atoms with Crippen LogP contribution in [0.1, 0.15) is 5.56 Å². The van der Waals surface area contributed by atoms with Gasteiger partial charge in [-0.3, -0.25) is 14.2 Å². The second kappa shape index (κ2) is 8.55. The van der Waals surface area contributed by atoms with Gasteiger partial charge in [0.15, 0.2) is 11.5 Å². The van der Waals surface area contributed by atoms with E-state index in [1.807, 2.05) is 6.07 Å². The lowest BCUT2D eigenvalue weighted by Gasteiger charge is -2.28. The smallest absolute Gasteiger partial charge is 0.271 e. The van der Waals surface area contributed by atoms with E-state index >= 15 is 0 Å². The molecule has 1 saturated heterocycles. The number of carbonyl (C=O) groups excluding carboxylic acids is 1. The van der Waals surface area contributed by atoms with Crippen molar-refractivity contribution < 1.29 is 19.0 Å². The molecule has 1 aromatic carbocycles. The highest BCUT2D eigenvalue weighted by Crippen LogP contribution is 2.32. The Morgan fingerprint density at radius 1 is 1.07 bits per heavy atom. The van der Waals surface area contributed by atoms with E-state index in [0.29, 0.717) is 43.4 Å². The molecule has 2 heterocycles. The third kappa shape index (κ3) is 4.03. The molecule has 3 rings (SSSR count). The predicted octanol–water partition coefficient (Wildman–Crippen LogP) is 1.72. The summed E-state index contributed by atoms with van der Waals surface area (Å²) in [6.07, 6.45) is 3.24. The second-order valence-electron chi connectivity index (χ2n) is 5.93. The van der Waals surface area contributed by atoms with E-state index < -0.39 is 0 Å². The molecule has 7 heteroatoms. The fourth-order valence-electron chi connectivity index (χ4n) is 2.96. The summed E-state index contributed by atoms with van der Waals surface area (Å²) in [6, 6.07) is 10.2. The van der Waals surface area contributed by atoms with E-state index in [-0.39, 0.29) is 17.2 Å². The molecule has 0 bridgehead atoms. The third-order valence-corrected chi connectivity index (χ3v) is 4.33. The number of carbonyl (C=O) groups is 1. The summed E-state index contributed by atoms with van der Waals surface area (Å²) in [5.74, 6) is 0.803. The minimum Gasteiger partial charge on any atom is -0.493 e. The Balaban J connectivity index is 2.13. The van der Waals surface area contributed by atoms with E-state index in [1.165, 1.54) is 17.7 Å². The topological polar surface area (TPSA) is 70.0 Å². The first-order valence-electron chi connectivity index (χ1n) is 8.63. The summed E-state index contributed by atoms with van der Waals surface area (Å²) in [6.45, 7) is 1.91. The molecule has 0 aliphatic carbocycles. The Morgan fingerprint density at radius 2 is 1.85 bits per heavy atom. The first-order valence-corrected chi connectivity index (χ1v) is 8.63. The summed E-state index contributed by atoms with van der Waals surface area (Å²) in [7, 11) is 3.08. The lowest BCUT2D eigenvalue weighted by molar-refractivity contribution is -0.129. The highest BCUT2D eigenvalue weighted by molar-refractivity contribution is 6.18. The summed E-state index contributed by atoms with van der Waals surface area (Å²) in [5, 5.41) is 0. The average Bonchev–Trinajstić information content (AvgIpc) is 2.72. The Kier molecular flexibility index (Phi) is 5.93. The zero-order valence-electron chi connectivity index (χ0n) is 15.4. The molecular weight excluding hydrogens is 348 g/mol. The Labute approximate surface area is 157 Å². The summed E-state index contributed by atoms with van der Waals surface area (Å²) >= 11 is 0. The minimum atomic E-state index is -0.285. The first-order chi connectivity index (χ1) is 13.2. The maximum Gasteiger partial charge on any atom is 0.271 e. The SMILES string of the molecule is COc1cccc(C=C(C(=O)N2CCOCC2)n2ccccc2=O)c1OC. The van der Waals surface area contributed by atoms with Crippen LogP contribution in [0.3, 0.4) is 0 Å². The van der Waals surface area contributed by atoms with Gasteiger partial charge in [-0.15, -0.1) is 0 Å².